The molecule has 0 heterocycles. The Morgan fingerprint density at radius 3 is 2.27 bits per heavy atom. The summed E-state index contributed by atoms with van der Waals surface area (Å²) in [6, 6.07) is 7.66. The number of hydrogen-bond donors (Lipinski definition) is 1. The summed E-state index contributed by atoms with van der Waals surface area (Å²) in [5, 5.41) is 2.52. The summed E-state index contributed by atoms with van der Waals surface area (Å²) >= 11 is 0. The topological polar surface area (TPSA) is 29.1 Å². The van der Waals surface area contributed by atoms with E-state index in [1.54, 1.807) is 0 Å². The summed E-state index contributed by atoms with van der Waals surface area (Å²) in [7, 11) is 0. The Labute approximate surface area is 147 Å². The number of hydrogen-bond acceptors (Lipinski definition) is 1. The lowest BCUT2D eigenvalue weighted by molar-refractivity contribution is -0.138. The lowest BCUT2D eigenvalue weighted by Gasteiger charge is -2.24. The van der Waals surface area contributed by atoms with Gasteiger partial charge in [-0.2, -0.15) is 13.2 Å². The van der Waals surface area contributed by atoms with E-state index >= 15 is 0 Å². The Kier molecular flexibility index (Phi) is 4.98. The first kappa shape index (κ1) is 18.4. The van der Waals surface area contributed by atoms with Crippen molar-refractivity contribution in [2.45, 2.75) is 37.4 Å². The number of carbonyl (C=O) groups is 1. The molecular formula is C19H16F5NO. The lowest BCUT2D eigenvalue weighted by atomic mass is 9.89. The average molecular weight is 369 g/mol. The SMILES string of the molecule is O=C(N[C@H]1CCC[C@H]1c1ccccc1C(F)(F)F)c1c(F)cccc1F. The van der Waals surface area contributed by atoms with Crippen molar-refractivity contribution in [3.63, 3.8) is 0 Å². The maximum Gasteiger partial charge on any atom is 0.416 e. The molecule has 1 aliphatic carbocycles. The highest BCUT2D eigenvalue weighted by Crippen LogP contribution is 2.41. The van der Waals surface area contributed by atoms with Crippen LogP contribution >= 0.6 is 0 Å². The molecule has 2 nitrogen and oxygen atoms in total. The number of benzene rings is 2. The van der Waals surface area contributed by atoms with Crippen molar-refractivity contribution in [3.8, 4) is 0 Å². The standard InChI is InChI=1S/C19H16F5NO/c20-14-8-4-9-15(21)17(14)18(26)25-16-10-3-6-12(16)11-5-1-2-7-13(11)19(22,23)24/h1-2,4-5,7-9,12,16H,3,6,10H2,(H,25,26)/t12-,16-/m0/s1. The van der Waals surface area contributed by atoms with Crippen LogP contribution in [0.5, 0.6) is 0 Å². The van der Waals surface area contributed by atoms with Crippen LogP contribution in [-0.4, -0.2) is 11.9 Å². The van der Waals surface area contributed by atoms with Crippen LogP contribution in [0.25, 0.3) is 0 Å². The average Bonchev–Trinajstić information content (AvgIpc) is 3.02. The molecule has 1 N–H and O–H groups in total. The smallest absolute Gasteiger partial charge is 0.349 e. The number of halogens is 5. The van der Waals surface area contributed by atoms with Crippen molar-refractivity contribution in [1.82, 2.24) is 5.32 Å². The molecular weight excluding hydrogens is 353 g/mol. The number of rotatable bonds is 3. The summed E-state index contributed by atoms with van der Waals surface area (Å²) in [6.45, 7) is 0. The predicted octanol–water partition coefficient (Wildman–Crippen LogP) is 5.05. The molecule has 26 heavy (non-hydrogen) atoms. The monoisotopic (exact) mass is 369 g/mol. The molecule has 0 aliphatic heterocycles. The highest BCUT2D eigenvalue weighted by molar-refractivity contribution is 5.95. The Balaban J connectivity index is 1.87. The number of nitrogens with one attached hydrogen (secondary N) is 1. The fourth-order valence-electron chi connectivity index (χ4n) is 3.54. The molecule has 0 aromatic heterocycles. The third-order valence-electron chi connectivity index (χ3n) is 4.69. The third kappa shape index (κ3) is 3.57. The van der Waals surface area contributed by atoms with Gasteiger partial charge in [0.2, 0.25) is 0 Å². The van der Waals surface area contributed by atoms with Gasteiger partial charge in [0.15, 0.2) is 0 Å². The Morgan fingerprint density at radius 2 is 1.62 bits per heavy atom. The molecule has 0 radical (unpaired) electrons. The summed E-state index contributed by atoms with van der Waals surface area (Å²) in [6.07, 6.45) is -3.00. The van der Waals surface area contributed by atoms with Gasteiger partial charge >= 0.3 is 6.18 Å². The zero-order chi connectivity index (χ0) is 18.9. The molecule has 0 saturated heterocycles. The Morgan fingerprint density at radius 1 is 0.962 bits per heavy atom. The van der Waals surface area contributed by atoms with Gasteiger partial charge in [-0.1, -0.05) is 30.7 Å². The van der Waals surface area contributed by atoms with Crippen LogP contribution in [-0.2, 0) is 6.18 Å². The van der Waals surface area contributed by atoms with Gasteiger partial charge in [-0.05, 0) is 36.6 Å². The maximum absolute atomic E-state index is 13.8. The van der Waals surface area contributed by atoms with Crippen LogP contribution in [0.1, 0.15) is 46.7 Å². The van der Waals surface area contributed by atoms with Gasteiger partial charge < -0.3 is 5.32 Å². The molecule has 1 amide bonds. The van der Waals surface area contributed by atoms with Crippen molar-refractivity contribution in [2.75, 3.05) is 0 Å². The predicted molar refractivity (Wildman–Crippen MR) is 85.6 cm³/mol. The summed E-state index contributed by atoms with van der Waals surface area (Å²) in [4.78, 5) is 12.3. The van der Waals surface area contributed by atoms with Gasteiger partial charge in [-0.25, -0.2) is 8.78 Å². The molecule has 138 valence electrons. The zero-order valence-electron chi connectivity index (χ0n) is 13.6. The molecule has 0 bridgehead atoms. The van der Waals surface area contributed by atoms with Gasteiger partial charge in [0.1, 0.15) is 17.2 Å². The molecule has 2 atom stereocenters. The van der Waals surface area contributed by atoms with Gasteiger partial charge in [0.25, 0.3) is 5.91 Å². The van der Waals surface area contributed by atoms with E-state index in [0.717, 1.165) is 24.3 Å². The van der Waals surface area contributed by atoms with E-state index in [4.69, 9.17) is 0 Å². The molecule has 0 spiro atoms. The summed E-state index contributed by atoms with van der Waals surface area (Å²) in [5.41, 5.74) is -1.37. The third-order valence-corrected chi connectivity index (χ3v) is 4.69. The Bertz CT molecular complexity index is 798. The number of alkyl halides is 3. The van der Waals surface area contributed by atoms with Crippen LogP contribution < -0.4 is 5.32 Å². The van der Waals surface area contributed by atoms with Gasteiger partial charge in [0.05, 0.1) is 5.56 Å². The molecule has 1 aliphatic rings. The van der Waals surface area contributed by atoms with E-state index in [-0.39, 0.29) is 5.56 Å². The van der Waals surface area contributed by atoms with E-state index in [9.17, 15) is 26.7 Å². The highest BCUT2D eigenvalue weighted by atomic mass is 19.4. The molecule has 0 unspecified atom stereocenters. The summed E-state index contributed by atoms with van der Waals surface area (Å²) in [5.74, 6) is -3.53. The van der Waals surface area contributed by atoms with Crippen LogP contribution in [0.2, 0.25) is 0 Å². The van der Waals surface area contributed by atoms with Gasteiger partial charge in [-0.3, -0.25) is 4.79 Å². The molecule has 1 saturated carbocycles. The summed E-state index contributed by atoms with van der Waals surface area (Å²) < 4.78 is 67.4. The first-order valence-electron chi connectivity index (χ1n) is 8.20. The fraction of sp³-hybridized carbons (Fsp3) is 0.316. The van der Waals surface area contributed by atoms with E-state index in [1.165, 1.54) is 18.2 Å². The normalized spacial score (nSPS) is 20.2. The van der Waals surface area contributed by atoms with E-state index in [2.05, 4.69) is 5.32 Å². The number of carbonyl (C=O) groups excluding carboxylic acids is 1. The molecule has 7 heteroatoms. The van der Waals surface area contributed by atoms with Gasteiger partial charge in [-0.15, -0.1) is 0 Å². The van der Waals surface area contributed by atoms with Crippen molar-refractivity contribution in [2.24, 2.45) is 0 Å². The molecule has 2 aromatic carbocycles. The van der Waals surface area contributed by atoms with E-state index in [1.807, 2.05) is 0 Å². The lowest BCUT2D eigenvalue weighted by Crippen LogP contribution is -2.37. The van der Waals surface area contributed by atoms with Crippen molar-refractivity contribution < 1.29 is 26.7 Å². The Hall–Kier alpha value is -2.44. The quantitative estimate of drug-likeness (QED) is 0.754. The van der Waals surface area contributed by atoms with Crippen molar-refractivity contribution in [1.29, 1.82) is 0 Å². The van der Waals surface area contributed by atoms with Crippen LogP contribution in [0.15, 0.2) is 42.5 Å². The van der Waals surface area contributed by atoms with Crippen molar-refractivity contribution >= 4 is 5.91 Å². The van der Waals surface area contributed by atoms with E-state index < -0.39 is 46.8 Å². The van der Waals surface area contributed by atoms with E-state index in [0.29, 0.717) is 19.3 Å². The van der Waals surface area contributed by atoms with Crippen LogP contribution in [0.4, 0.5) is 22.0 Å². The molecule has 1 fully saturated rings. The second-order valence-corrected chi connectivity index (χ2v) is 6.30. The highest BCUT2D eigenvalue weighted by Gasteiger charge is 2.39. The minimum Gasteiger partial charge on any atom is -0.349 e. The van der Waals surface area contributed by atoms with Crippen LogP contribution in [0, 0.1) is 11.6 Å². The first-order valence-corrected chi connectivity index (χ1v) is 8.20. The minimum atomic E-state index is -4.51. The minimum absolute atomic E-state index is 0.0943. The largest absolute Gasteiger partial charge is 0.416 e. The van der Waals surface area contributed by atoms with Crippen LogP contribution in [0.3, 0.4) is 0 Å². The first-order chi connectivity index (χ1) is 12.3. The fourth-order valence-corrected chi connectivity index (χ4v) is 3.54. The second-order valence-electron chi connectivity index (χ2n) is 6.30. The van der Waals surface area contributed by atoms with Crippen molar-refractivity contribution in [3.05, 3.63) is 70.8 Å². The number of amides is 1. The zero-order valence-corrected chi connectivity index (χ0v) is 13.6. The second kappa shape index (κ2) is 7.05. The molecule has 2 aromatic rings. The molecule has 3 rings (SSSR count). The van der Waals surface area contributed by atoms with Gasteiger partial charge in [0, 0.05) is 12.0 Å². The maximum atomic E-state index is 13.8.